The summed E-state index contributed by atoms with van der Waals surface area (Å²) in [6.45, 7) is 3.66. The highest BCUT2D eigenvalue weighted by atomic mass is 35.5. The van der Waals surface area contributed by atoms with Gasteiger partial charge in [0.2, 0.25) is 0 Å². The quantitative estimate of drug-likeness (QED) is 0.655. The Morgan fingerprint density at radius 3 is 2.58 bits per heavy atom. The Labute approximate surface area is 120 Å². The van der Waals surface area contributed by atoms with E-state index in [2.05, 4.69) is 22.5 Å². The first kappa shape index (κ1) is 14.2. The summed E-state index contributed by atoms with van der Waals surface area (Å²) in [7, 11) is 0. The Balaban J connectivity index is 1.92. The van der Waals surface area contributed by atoms with E-state index in [9.17, 15) is 0 Å². The van der Waals surface area contributed by atoms with Crippen molar-refractivity contribution in [2.45, 2.75) is 45.2 Å². The minimum atomic E-state index is 0.586. The van der Waals surface area contributed by atoms with Crippen LogP contribution in [0, 0.1) is 0 Å². The lowest BCUT2D eigenvalue weighted by Crippen LogP contribution is -2.42. The molecule has 1 fully saturated rings. The molecule has 0 unspecified atom stereocenters. The van der Waals surface area contributed by atoms with Crippen LogP contribution in [-0.2, 0) is 6.54 Å². The van der Waals surface area contributed by atoms with Crippen LogP contribution in [-0.4, -0.2) is 18.5 Å². The standard InChI is InChI=1S/C15H22ClN3/c1-2-17-15(19-14-5-3-4-6-14)18-11-12-7-9-13(16)10-8-12/h7-10,14H,2-6,11H2,1H3,(H2,17,18,19). The van der Waals surface area contributed by atoms with Crippen LogP contribution in [0.25, 0.3) is 0 Å². The molecule has 3 nitrogen and oxygen atoms in total. The highest BCUT2D eigenvalue weighted by molar-refractivity contribution is 6.30. The molecular weight excluding hydrogens is 258 g/mol. The molecule has 0 heterocycles. The van der Waals surface area contributed by atoms with Gasteiger partial charge in [-0.05, 0) is 37.5 Å². The Morgan fingerprint density at radius 1 is 1.26 bits per heavy atom. The molecule has 0 saturated heterocycles. The molecule has 1 aromatic carbocycles. The van der Waals surface area contributed by atoms with E-state index in [1.807, 2.05) is 24.3 Å². The number of hydrogen-bond acceptors (Lipinski definition) is 1. The number of benzene rings is 1. The molecule has 2 rings (SSSR count). The van der Waals surface area contributed by atoms with Gasteiger partial charge < -0.3 is 10.6 Å². The molecule has 0 radical (unpaired) electrons. The number of nitrogens with zero attached hydrogens (tertiary/aromatic N) is 1. The summed E-state index contributed by atoms with van der Waals surface area (Å²) in [5.74, 6) is 0.921. The van der Waals surface area contributed by atoms with E-state index in [0.29, 0.717) is 12.6 Å². The third-order valence-corrected chi connectivity index (χ3v) is 3.63. The molecule has 0 amide bonds. The molecule has 2 N–H and O–H groups in total. The molecule has 0 atom stereocenters. The molecule has 1 saturated carbocycles. The van der Waals surface area contributed by atoms with Crippen LogP contribution in [0.15, 0.2) is 29.3 Å². The van der Waals surface area contributed by atoms with E-state index < -0.39 is 0 Å². The Kier molecular flexibility index (Phi) is 5.52. The molecule has 19 heavy (non-hydrogen) atoms. The fourth-order valence-corrected chi connectivity index (χ4v) is 2.47. The lowest BCUT2D eigenvalue weighted by atomic mass is 10.2. The van der Waals surface area contributed by atoms with Crippen molar-refractivity contribution in [3.63, 3.8) is 0 Å². The van der Waals surface area contributed by atoms with Crippen molar-refractivity contribution in [1.29, 1.82) is 0 Å². The molecule has 0 spiro atoms. The molecule has 104 valence electrons. The largest absolute Gasteiger partial charge is 0.357 e. The zero-order valence-corrected chi connectivity index (χ0v) is 12.2. The maximum atomic E-state index is 5.88. The number of guanidine groups is 1. The third-order valence-electron chi connectivity index (χ3n) is 3.37. The van der Waals surface area contributed by atoms with Crippen LogP contribution < -0.4 is 10.6 Å². The second-order valence-corrected chi connectivity index (χ2v) is 5.38. The number of rotatable bonds is 4. The number of halogens is 1. The summed E-state index contributed by atoms with van der Waals surface area (Å²) >= 11 is 5.88. The van der Waals surface area contributed by atoms with Gasteiger partial charge in [-0.2, -0.15) is 0 Å². The molecule has 1 aromatic rings. The summed E-state index contributed by atoms with van der Waals surface area (Å²) in [4.78, 5) is 4.63. The van der Waals surface area contributed by atoms with Gasteiger partial charge in [0.25, 0.3) is 0 Å². The van der Waals surface area contributed by atoms with E-state index in [1.165, 1.54) is 31.2 Å². The van der Waals surface area contributed by atoms with Crippen molar-refractivity contribution in [2.24, 2.45) is 4.99 Å². The number of aliphatic imine (C=N–C) groups is 1. The topological polar surface area (TPSA) is 36.4 Å². The van der Waals surface area contributed by atoms with Gasteiger partial charge in [0.15, 0.2) is 5.96 Å². The first-order chi connectivity index (χ1) is 9.28. The lowest BCUT2D eigenvalue weighted by Gasteiger charge is -2.16. The predicted octanol–water partition coefficient (Wildman–Crippen LogP) is 3.34. The monoisotopic (exact) mass is 279 g/mol. The first-order valence-electron chi connectivity index (χ1n) is 7.07. The van der Waals surface area contributed by atoms with Crippen LogP contribution >= 0.6 is 11.6 Å². The van der Waals surface area contributed by atoms with Gasteiger partial charge in [-0.3, -0.25) is 0 Å². The molecular formula is C15H22ClN3. The van der Waals surface area contributed by atoms with Gasteiger partial charge in [-0.1, -0.05) is 36.6 Å². The van der Waals surface area contributed by atoms with Gasteiger partial charge in [-0.25, -0.2) is 4.99 Å². The predicted molar refractivity (Wildman–Crippen MR) is 81.7 cm³/mol. The first-order valence-corrected chi connectivity index (χ1v) is 7.45. The summed E-state index contributed by atoms with van der Waals surface area (Å²) < 4.78 is 0. The van der Waals surface area contributed by atoms with Crippen molar-refractivity contribution < 1.29 is 0 Å². The highest BCUT2D eigenvalue weighted by Crippen LogP contribution is 2.17. The summed E-state index contributed by atoms with van der Waals surface area (Å²) in [6.07, 6.45) is 5.17. The zero-order valence-electron chi connectivity index (χ0n) is 11.5. The van der Waals surface area contributed by atoms with Gasteiger partial charge in [0, 0.05) is 17.6 Å². The van der Waals surface area contributed by atoms with Gasteiger partial charge in [0.05, 0.1) is 6.54 Å². The minimum absolute atomic E-state index is 0.586. The summed E-state index contributed by atoms with van der Waals surface area (Å²) in [5, 5.41) is 7.58. The Bertz CT molecular complexity index is 408. The maximum absolute atomic E-state index is 5.88. The maximum Gasteiger partial charge on any atom is 0.191 e. The minimum Gasteiger partial charge on any atom is -0.357 e. The molecule has 4 heteroatoms. The molecule has 1 aliphatic rings. The van der Waals surface area contributed by atoms with E-state index in [1.54, 1.807) is 0 Å². The summed E-state index contributed by atoms with van der Waals surface area (Å²) in [5.41, 5.74) is 1.17. The van der Waals surface area contributed by atoms with Crippen molar-refractivity contribution in [2.75, 3.05) is 6.54 Å². The van der Waals surface area contributed by atoms with E-state index in [4.69, 9.17) is 11.6 Å². The van der Waals surface area contributed by atoms with Crippen LogP contribution in [0.2, 0.25) is 5.02 Å². The van der Waals surface area contributed by atoms with Crippen molar-refractivity contribution in [3.05, 3.63) is 34.9 Å². The van der Waals surface area contributed by atoms with Crippen molar-refractivity contribution in [3.8, 4) is 0 Å². The van der Waals surface area contributed by atoms with Crippen molar-refractivity contribution in [1.82, 2.24) is 10.6 Å². The summed E-state index contributed by atoms with van der Waals surface area (Å²) in [6, 6.07) is 8.44. The third kappa shape index (κ3) is 4.75. The second-order valence-electron chi connectivity index (χ2n) is 4.95. The van der Waals surface area contributed by atoms with Crippen LogP contribution in [0.3, 0.4) is 0 Å². The van der Waals surface area contributed by atoms with E-state index in [-0.39, 0.29) is 0 Å². The Hall–Kier alpha value is -1.22. The zero-order chi connectivity index (χ0) is 13.5. The van der Waals surface area contributed by atoms with Gasteiger partial charge >= 0.3 is 0 Å². The lowest BCUT2D eigenvalue weighted by molar-refractivity contribution is 0.614. The molecule has 0 bridgehead atoms. The van der Waals surface area contributed by atoms with Gasteiger partial charge in [0.1, 0.15) is 0 Å². The molecule has 0 aromatic heterocycles. The SMILES string of the molecule is CCNC(=NCc1ccc(Cl)cc1)NC1CCCC1. The normalized spacial score (nSPS) is 16.6. The average Bonchev–Trinajstić information content (AvgIpc) is 2.91. The number of nitrogens with one attached hydrogen (secondary N) is 2. The van der Waals surface area contributed by atoms with Gasteiger partial charge in [-0.15, -0.1) is 0 Å². The smallest absolute Gasteiger partial charge is 0.191 e. The van der Waals surface area contributed by atoms with Crippen molar-refractivity contribution >= 4 is 17.6 Å². The number of hydrogen-bond donors (Lipinski definition) is 2. The average molecular weight is 280 g/mol. The fraction of sp³-hybridized carbons (Fsp3) is 0.533. The molecule has 1 aliphatic carbocycles. The van der Waals surface area contributed by atoms with Crippen LogP contribution in [0.5, 0.6) is 0 Å². The Morgan fingerprint density at radius 2 is 1.95 bits per heavy atom. The van der Waals surface area contributed by atoms with Crippen LogP contribution in [0.4, 0.5) is 0 Å². The second kappa shape index (κ2) is 7.39. The fourth-order valence-electron chi connectivity index (χ4n) is 2.34. The van der Waals surface area contributed by atoms with E-state index in [0.717, 1.165) is 17.5 Å². The highest BCUT2D eigenvalue weighted by Gasteiger charge is 2.15. The molecule has 0 aliphatic heterocycles. The van der Waals surface area contributed by atoms with Crippen LogP contribution in [0.1, 0.15) is 38.2 Å². The van der Waals surface area contributed by atoms with E-state index >= 15 is 0 Å².